The molecule has 4 fully saturated rings. The number of carbonyl (C=O) groups excluding carboxylic acids is 3. The van der Waals surface area contributed by atoms with Gasteiger partial charge in [-0.15, -0.1) is 13.2 Å². The number of allylic oxidation sites excluding steroid dienone is 1. The van der Waals surface area contributed by atoms with Gasteiger partial charge in [-0.25, -0.2) is 0 Å². The standard InChI is InChI=1S/C30H47N3O7/c1-5-7-8-16-39-29(37)24-23-9-10-30(40-23)25(24)27(35)33(22(20-34)19-21(3)4)26(30)28(36)32(11-6-2)13-12-31-14-17-38-18-15-31/h5-6,21-26,34H,1-2,7-20H2,3-4H3/t22-,23-,24+,25+,26?,30?/m1/s1. The summed E-state index contributed by atoms with van der Waals surface area (Å²) in [4.78, 5) is 47.6. The summed E-state index contributed by atoms with van der Waals surface area (Å²) in [6, 6.07) is -1.48. The molecule has 0 saturated carbocycles. The van der Waals surface area contributed by atoms with Crippen LogP contribution in [-0.4, -0.2) is 121 Å². The first-order valence-corrected chi connectivity index (χ1v) is 14.9. The van der Waals surface area contributed by atoms with Crippen LogP contribution in [0.25, 0.3) is 0 Å². The van der Waals surface area contributed by atoms with Crippen molar-refractivity contribution in [2.24, 2.45) is 17.8 Å². The lowest BCUT2D eigenvalue weighted by atomic mass is 9.70. The molecule has 1 N–H and O–H groups in total. The number of hydrogen-bond acceptors (Lipinski definition) is 8. The van der Waals surface area contributed by atoms with Crippen LogP contribution in [-0.2, 0) is 28.6 Å². The molecule has 0 aliphatic carbocycles. The van der Waals surface area contributed by atoms with Crippen LogP contribution in [0.15, 0.2) is 25.3 Å². The molecule has 2 bridgehead atoms. The molecule has 0 aromatic carbocycles. The number of ether oxygens (including phenoxy) is 3. The van der Waals surface area contributed by atoms with E-state index >= 15 is 0 Å². The summed E-state index contributed by atoms with van der Waals surface area (Å²) >= 11 is 0. The van der Waals surface area contributed by atoms with Crippen molar-refractivity contribution in [2.45, 2.75) is 69.7 Å². The maximum Gasteiger partial charge on any atom is 0.312 e. The molecule has 40 heavy (non-hydrogen) atoms. The van der Waals surface area contributed by atoms with Gasteiger partial charge >= 0.3 is 5.97 Å². The Morgan fingerprint density at radius 1 is 1.25 bits per heavy atom. The van der Waals surface area contributed by atoms with E-state index in [4.69, 9.17) is 14.2 Å². The highest BCUT2D eigenvalue weighted by Gasteiger charge is 2.75. The van der Waals surface area contributed by atoms with Gasteiger partial charge < -0.3 is 29.1 Å². The molecule has 2 unspecified atom stereocenters. The van der Waals surface area contributed by atoms with Gasteiger partial charge in [-0.1, -0.05) is 26.0 Å². The van der Waals surface area contributed by atoms with Crippen molar-refractivity contribution >= 4 is 17.8 Å². The van der Waals surface area contributed by atoms with Crippen LogP contribution in [0.3, 0.4) is 0 Å². The second-order valence-corrected chi connectivity index (χ2v) is 11.9. The van der Waals surface area contributed by atoms with Crippen molar-refractivity contribution in [3.63, 3.8) is 0 Å². The smallest absolute Gasteiger partial charge is 0.312 e. The summed E-state index contributed by atoms with van der Waals surface area (Å²) in [5.41, 5.74) is -1.12. The highest BCUT2D eigenvalue weighted by Crippen LogP contribution is 2.59. The zero-order chi connectivity index (χ0) is 28.9. The summed E-state index contributed by atoms with van der Waals surface area (Å²) in [6.45, 7) is 16.0. The number of aliphatic hydroxyl groups is 1. The number of unbranched alkanes of at least 4 members (excludes halogenated alkanes) is 1. The van der Waals surface area contributed by atoms with Gasteiger partial charge in [0.1, 0.15) is 11.6 Å². The molecule has 2 amide bonds. The molecule has 10 nitrogen and oxygen atoms in total. The number of carbonyl (C=O) groups is 3. The molecule has 4 rings (SSSR count). The van der Waals surface area contributed by atoms with E-state index in [9.17, 15) is 19.5 Å². The van der Waals surface area contributed by atoms with Gasteiger partial charge in [0.2, 0.25) is 11.8 Å². The number of fused-ring (bicyclic) bond motifs is 1. The van der Waals surface area contributed by atoms with Crippen LogP contribution in [0, 0.1) is 17.8 Å². The lowest BCUT2D eigenvalue weighted by Gasteiger charge is -2.40. The Hall–Kier alpha value is -2.27. The van der Waals surface area contributed by atoms with Crippen molar-refractivity contribution in [2.75, 3.05) is 59.2 Å². The van der Waals surface area contributed by atoms with Crippen LogP contribution in [0.4, 0.5) is 0 Å². The SMILES string of the molecule is C=CCCCOC(=O)[C@@H]1[C@H]2C(=O)N([C@@H](CO)CC(C)C)C(C(=O)N(CC=C)CCN3CCOCC3)C23CC[C@H]1O3. The fourth-order valence-corrected chi connectivity index (χ4v) is 7.06. The number of aliphatic hydroxyl groups excluding tert-OH is 1. The minimum atomic E-state index is -1.12. The Balaban J connectivity index is 1.64. The number of hydrogen-bond donors (Lipinski definition) is 1. The zero-order valence-corrected chi connectivity index (χ0v) is 24.2. The Labute approximate surface area is 238 Å². The fraction of sp³-hybridized carbons (Fsp3) is 0.767. The second-order valence-electron chi connectivity index (χ2n) is 11.9. The molecule has 0 aromatic rings. The molecule has 4 heterocycles. The van der Waals surface area contributed by atoms with Gasteiger partial charge in [0.15, 0.2) is 0 Å². The van der Waals surface area contributed by atoms with E-state index in [1.165, 1.54) is 0 Å². The topological polar surface area (TPSA) is 109 Å². The number of amides is 2. The predicted molar refractivity (Wildman–Crippen MR) is 149 cm³/mol. The van der Waals surface area contributed by atoms with Gasteiger partial charge in [0.25, 0.3) is 0 Å². The van der Waals surface area contributed by atoms with Crippen molar-refractivity contribution in [1.82, 2.24) is 14.7 Å². The number of likely N-dealkylation sites (tertiary alicyclic amines) is 1. The van der Waals surface area contributed by atoms with Crippen molar-refractivity contribution < 1.29 is 33.7 Å². The average Bonchev–Trinajstić information content (AvgIpc) is 3.59. The molecule has 4 saturated heterocycles. The van der Waals surface area contributed by atoms with Gasteiger partial charge in [-0.05, 0) is 38.0 Å². The van der Waals surface area contributed by atoms with E-state index in [2.05, 4.69) is 18.1 Å². The maximum atomic E-state index is 14.5. The predicted octanol–water partition coefficient (Wildman–Crippen LogP) is 1.62. The molecule has 0 radical (unpaired) electrons. The van der Waals surface area contributed by atoms with Crippen LogP contribution in [0.2, 0.25) is 0 Å². The molecule has 6 atom stereocenters. The van der Waals surface area contributed by atoms with Gasteiger partial charge in [0.05, 0.1) is 50.4 Å². The highest BCUT2D eigenvalue weighted by molar-refractivity contribution is 5.98. The lowest BCUT2D eigenvalue weighted by Crippen LogP contribution is -2.59. The summed E-state index contributed by atoms with van der Waals surface area (Å²) < 4.78 is 17.6. The fourth-order valence-electron chi connectivity index (χ4n) is 7.06. The highest BCUT2D eigenvalue weighted by atomic mass is 16.6. The third-order valence-corrected chi connectivity index (χ3v) is 8.84. The molecule has 0 aromatic heterocycles. The number of nitrogens with zero attached hydrogens (tertiary/aromatic N) is 3. The van der Waals surface area contributed by atoms with Crippen molar-refractivity contribution in [3.8, 4) is 0 Å². The first-order valence-electron chi connectivity index (χ1n) is 14.9. The number of rotatable bonds is 15. The summed E-state index contributed by atoms with van der Waals surface area (Å²) in [6.07, 6.45) is 6.01. The molecular weight excluding hydrogens is 514 g/mol. The van der Waals surface area contributed by atoms with Crippen LogP contribution < -0.4 is 0 Å². The van der Waals surface area contributed by atoms with E-state index in [1.807, 2.05) is 13.8 Å². The Morgan fingerprint density at radius 2 is 2.00 bits per heavy atom. The first-order chi connectivity index (χ1) is 19.3. The molecule has 4 aliphatic rings. The number of esters is 1. The van der Waals surface area contributed by atoms with E-state index < -0.39 is 41.6 Å². The lowest BCUT2D eigenvalue weighted by molar-refractivity contribution is -0.157. The molecule has 224 valence electrons. The third-order valence-electron chi connectivity index (χ3n) is 8.84. The van der Waals surface area contributed by atoms with Crippen LogP contribution in [0.1, 0.15) is 46.0 Å². The van der Waals surface area contributed by atoms with Gasteiger partial charge in [-0.2, -0.15) is 0 Å². The van der Waals surface area contributed by atoms with Crippen molar-refractivity contribution in [1.29, 1.82) is 0 Å². The minimum Gasteiger partial charge on any atom is -0.465 e. The molecule has 4 aliphatic heterocycles. The van der Waals surface area contributed by atoms with E-state index in [-0.39, 0.29) is 30.9 Å². The Morgan fingerprint density at radius 3 is 2.65 bits per heavy atom. The number of morpholine rings is 1. The summed E-state index contributed by atoms with van der Waals surface area (Å²) in [5, 5.41) is 10.4. The monoisotopic (exact) mass is 561 g/mol. The zero-order valence-electron chi connectivity index (χ0n) is 24.2. The van der Waals surface area contributed by atoms with E-state index in [0.717, 1.165) is 19.5 Å². The van der Waals surface area contributed by atoms with E-state index in [0.29, 0.717) is 58.5 Å². The van der Waals surface area contributed by atoms with Gasteiger partial charge in [0, 0.05) is 32.7 Å². The third kappa shape index (κ3) is 6.00. The minimum absolute atomic E-state index is 0.187. The summed E-state index contributed by atoms with van der Waals surface area (Å²) in [5.74, 6) is -2.33. The Bertz CT molecular complexity index is 936. The van der Waals surface area contributed by atoms with E-state index in [1.54, 1.807) is 22.0 Å². The van der Waals surface area contributed by atoms with Crippen LogP contribution in [0.5, 0.6) is 0 Å². The molecular formula is C30H47N3O7. The Kier molecular flexibility index (Phi) is 10.4. The first kappa shape index (κ1) is 30.7. The largest absolute Gasteiger partial charge is 0.465 e. The molecule has 10 heteroatoms. The summed E-state index contributed by atoms with van der Waals surface area (Å²) in [7, 11) is 0. The molecule has 1 spiro atoms. The van der Waals surface area contributed by atoms with Crippen molar-refractivity contribution in [3.05, 3.63) is 25.3 Å². The quantitative estimate of drug-likeness (QED) is 0.183. The maximum absolute atomic E-state index is 14.5. The van der Waals surface area contributed by atoms with Crippen LogP contribution >= 0.6 is 0 Å². The van der Waals surface area contributed by atoms with Gasteiger partial charge in [-0.3, -0.25) is 19.3 Å². The normalized spacial score (nSPS) is 30.4. The average molecular weight is 562 g/mol. The second kappa shape index (κ2) is 13.6.